The monoisotopic (exact) mass is 608 g/mol. The molecule has 0 spiro atoms. The number of amides is 1. The van der Waals surface area contributed by atoms with E-state index in [4.69, 9.17) is 4.74 Å². The number of alkyl halides is 3. The van der Waals surface area contributed by atoms with Crippen LogP contribution in [0.1, 0.15) is 43.0 Å². The summed E-state index contributed by atoms with van der Waals surface area (Å²) in [5, 5.41) is 3.00. The number of dihydropyridines is 1. The molecule has 0 aromatic carbocycles. The van der Waals surface area contributed by atoms with Crippen molar-refractivity contribution < 1.29 is 22.7 Å². The van der Waals surface area contributed by atoms with Gasteiger partial charge in [0.1, 0.15) is 5.69 Å². The van der Waals surface area contributed by atoms with Crippen molar-refractivity contribution in [1.82, 2.24) is 15.3 Å². The van der Waals surface area contributed by atoms with Crippen LogP contribution in [-0.4, -0.2) is 38.4 Å². The molecule has 2 aliphatic heterocycles. The highest BCUT2D eigenvalue weighted by Gasteiger charge is 2.33. The topological polar surface area (TPSA) is 76.5 Å². The number of allylic oxidation sites excluding steroid dienone is 3. The fourth-order valence-electron chi connectivity index (χ4n) is 3.81. The summed E-state index contributed by atoms with van der Waals surface area (Å²) in [5.41, 5.74) is 2.92. The molecular formula is C26H24F3IN4O2. The van der Waals surface area contributed by atoms with Crippen molar-refractivity contribution in [2.24, 2.45) is 4.99 Å². The zero-order chi connectivity index (χ0) is 25.7. The van der Waals surface area contributed by atoms with Crippen LogP contribution in [0.2, 0.25) is 0 Å². The van der Waals surface area contributed by atoms with Crippen LogP contribution in [-0.2, 0) is 11.0 Å². The van der Waals surface area contributed by atoms with Crippen LogP contribution in [0, 0.1) is 0 Å². The molecule has 0 radical (unpaired) electrons. The first-order valence-corrected chi connectivity index (χ1v) is 13.5. The molecule has 0 saturated heterocycles. The maximum atomic E-state index is 13.0. The second-order valence-electron chi connectivity index (χ2n) is 8.18. The maximum Gasteiger partial charge on any atom is 0.433 e. The lowest BCUT2D eigenvalue weighted by Crippen LogP contribution is -2.29. The minimum Gasteiger partial charge on any atom is -0.481 e. The number of rotatable bonds is 7. The molecule has 0 saturated carbocycles. The third kappa shape index (κ3) is 6.54. The third-order valence-corrected chi connectivity index (χ3v) is 7.95. The molecule has 36 heavy (non-hydrogen) atoms. The largest absolute Gasteiger partial charge is 0.481 e. The van der Waals surface area contributed by atoms with Gasteiger partial charge >= 0.3 is 6.18 Å². The molecule has 2 aromatic heterocycles. The standard InChI is InChI=1S/C26H24F3IN4O2/c1-16-21(17-11-12-31-22(13-17)26(27,28)29)7-5-20(33-16)6-9-24(35)34-23-8-3-18(14-30-23)19-4-10-25(36-2)32-15-19/h3-4,7-8,10-15,20H,5-6,9H2,1-2H3,(H,34,35). The molecule has 6 nitrogen and oxygen atoms in total. The van der Waals surface area contributed by atoms with Crippen LogP contribution < -0.4 is 10.1 Å². The van der Waals surface area contributed by atoms with Crippen molar-refractivity contribution in [2.75, 3.05) is 7.11 Å². The molecule has 1 amide bonds. The van der Waals surface area contributed by atoms with Crippen molar-refractivity contribution in [3.63, 3.8) is 0 Å². The van der Waals surface area contributed by atoms with Crippen molar-refractivity contribution in [3.05, 3.63) is 75.8 Å². The molecular weight excluding hydrogens is 584 g/mol. The predicted molar refractivity (Wildman–Crippen MR) is 143 cm³/mol. The molecule has 0 aliphatic carbocycles. The fraction of sp³-hybridized carbons (Fsp3) is 0.269. The van der Waals surface area contributed by atoms with Gasteiger partial charge in [0.05, 0.1) is 16.8 Å². The Morgan fingerprint density at radius 2 is 2.03 bits per heavy atom. The highest BCUT2D eigenvalue weighted by atomic mass is 127. The number of nitrogens with zero attached hydrogens (tertiary/aromatic N) is 3. The highest BCUT2D eigenvalue weighted by molar-refractivity contribution is 14.2. The number of pyridine rings is 2. The van der Waals surface area contributed by atoms with E-state index in [1.54, 1.807) is 26.3 Å². The Kier molecular flexibility index (Phi) is 8.12. The Morgan fingerprint density at radius 3 is 2.67 bits per heavy atom. The van der Waals surface area contributed by atoms with E-state index in [1.807, 2.05) is 30.4 Å². The third-order valence-electron chi connectivity index (χ3n) is 5.66. The van der Waals surface area contributed by atoms with Gasteiger partial charge in [0.2, 0.25) is 11.8 Å². The first kappa shape index (κ1) is 25.9. The lowest BCUT2D eigenvalue weighted by atomic mass is 9.95. The van der Waals surface area contributed by atoms with Gasteiger partial charge < -0.3 is 10.1 Å². The number of aromatic nitrogens is 2. The molecule has 2 aliphatic rings. The van der Waals surface area contributed by atoms with Gasteiger partial charge in [0.25, 0.3) is 0 Å². The Bertz CT molecular complexity index is 1300. The van der Waals surface area contributed by atoms with E-state index in [9.17, 15) is 18.0 Å². The summed E-state index contributed by atoms with van der Waals surface area (Å²) in [5.74, 6) is 0.495. The minimum atomic E-state index is -4.50. The van der Waals surface area contributed by atoms with Crippen LogP contribution >= 0.6 is 20.7 Å². The Balaban J connectivity index is 1.30. The zero-order valence-corrected chi connectivity index (χ0v) is 21.8. The first-order chi connectivity index (χ1) is 17.2. The summed E-state index contributed by atoms with van der Waals surface area (Å²) in [4.78, 5) is 24.8. The molecule has 4 heterocycles. The number of hydrogen-bond donors (Lipinski definition) is 1. The van der Waals surface area contributed by atoms with Gasteiger partial charge in [0.15, 0.2) is 0 Å². The van der Waals surface area contributed by atoms with Gasteiger partial charge in [-0.2, -0.15) is 13.2 Å². The molecule has 4 rings (SSSR count). The number of halogens is 4. The second kappa shape index (κ2) is 11.3. The molecule has 0 fully saturated rings. The van der Waals surface area contributed by atoms with Crippen LogP contribution in [0.5, 0.6) is 5.88 Å². The Hall–Kier alpha value is -3.15. The fourth-order valence-corrected chi connectivity index (χ4v) is 5.89. The van der Waals surface area contributed by atoms with Crippen LogP contribution in [0.4, 0.5) is 13.2 Å². The Morgan fingerprint density at radius 1 is 1.19 bits per heavy atom. The van der Waals surface area contributed by atoms with E-state index in [1.165, 1.54) is 0 Å². The van der Waals surface area contributed by atoms with E-state index in [-0.39, 0.29) is 11.9 Å². The molecule has 1 unspecified atom stereocenters. The Labute approximate surface area is 216 Å². The van der Waals surface area contributed by atoms with Crippen molar-refractivity contribution in [3.8, 4) is 5.88 Å². The van der Waals surface area contributed by atoms with E-state index in [0.717, 1.165) is 27.0 Å². The summed E-state index contributed by atoms with van der Waals surface area (Å²) < 4.78 is 47.1. The molecule has 1 atom stereocenters. The van der Waals surface area contributed by atoms with E-state index in [2.05, 4.69) is 24.4 Å². The smallest absolute Gasteiger partial charge is 0.433 e. The van der Waals surface area contributed by atoms with Crippen LogP contribution in [0.15, 0.2) is 64.0 Å². The number of carbonyl (C=O) groups excluding carboxylic acids is 1. The van der Waals surface area contributed by atoms with Gasteiger partial charge in [-0.15, -0.1) is 0 Å². The van der Waals surface area contributed by atoms with Gasteiger partial charge in [-0.05, 0) is 64.8 Å². The van der Waals surface area contributed by atoms with Gasteiger partial charge in [-0.25, -0.2) is 4.98 Å². The van der Waals surface area contributed by atoms with E-state index < -0.39 is 32.6 Å². The predicted octanol–water partition coefficient (Wildman–Crippen LogP) is 5.73. The summed E-state index contributed by atoms with van der Waals surface area (Å²) >= 11 is -0.486. The number of hydrogen-bond acceptors (Lipinski definition) is 5. The molecule has 10 heteroatoms. The van der Waals surface area contributed by atoms with Crippen LogP contribution in [0.3, 0.4) is 0 Å². The summed E-state index contributed by atoms with van der Waals surface area (Å²) in [7, 11) is 1.57. The number of methoxy groups -OCH3 is 1. The van der Waals surface area contributed by atoms with E-state index >= 15 is 0 Å². The number of ether oxygens (including phenoxy) is 1. The zero-order valence-electron chi connectivity index (χ0n) is 19.6. The van der Waals surface area contributed by atoms with Gasteiger partial charge in [-0.3, -0.25) is 14.8 Å². The van der Waals surface area contributed by atoms with Gasteiger partial charge in [0, 0.05) is 36.2 Å². The normalized spacial score (nSPS) is 17.8. The second-order valence-corrected chi connectivity index (χ2v) is 10.6. The summed E-state index contributed by atoms with van der Waals surface area (Å²) in [6.07, 6.45) is 5.67. The van der Waals surface area contributed by atoms with Crippen molar-refractivity contribution in [1.29, 1.82) is 0 Å². The van der Waals surface area contributed by atoms with Crippen molar-refractivity contribution in [2.45, 2.75) is 38.4 Å². The minimum absolute atomic E-state index is 0.0658. The molecule has 1 N–H and O–H groups in total. The van der Waals surface area contributed by atoms with E-state index in [0.29, 0.717) is 42.0 Å². The lowest BCUT2D eigenvalue weighted by molar-refractivity contribution is -0.141. The van der Waals surface area contributed by atoms with Gasteiger partial charge in [-0.1, -0.05) is 32.9 Å². The summed E-state index contributed by atoms with van der Waals surface area (Å²) in [6.45, 7) is 1.78. The van der Waals surface area contributed by atoms with Crippen molar-refractivity contribution >= 4 is 47.1 Å². The average molecular weight is 608 g/mol. The van der Waals surface area contributed by atoms with Crippen LogP contribution in [0.25, 0.3) is 11.1 Å². The first-order valence-electron chi connectivity index (χ1n) is 11.2. The summed E-state index contributed by atoms with van der Waals surface area (Å²) in [6, 6.07) is 6.28. The average Bonchev–Trinajstić information content (AvgIpc) is 2.88. The molecule has 0 bridgehead atoms. The highest BCUT2D eigenvalue weighted by Crippen LogP contribution is 2.31. The SMILES string of the molecule is COc1ccc(C2=CI=C(NC(=O)CCC3CC=C(c4ccnc(C(F)(F)F)c4)C(C)=N3)C=C2)cn1. The number of carbonyl (C=O) groups is 1. The molecule has 188 valence electrons. The number of nitrogens with one attached hydrogen (secondary N) is 1. The number of aliphatic imine (C=N–C) groups is 1. The quantitative estimate of drug-likeness (QED) is 0.408. The molecule has 2 aromatic rings. The maximum absolute atomic E-state index is 13.0. The lowest BCUT2D eigenvalue weighted by Gasteiger charge is -2.20.